The molecule has 0 radical (unpaired) electrons. The molecular formula is C36H44INO4. The van der Waals surface area contributed by atoms with Crippen molar-refractivity contribution in [2.45, 2.75) is 93.6 Å². The highest BCUT2D eigenvalue weighted by Gasteiger charge is 2.48. The van der Waals surface area contributed by atoms with E-state index in [1.807, 2.05) is 13.0 Å². The second kappa shape index (κ2) is 11.5. The van der Waals surface area contributed by atoms with Gasteiger partial charge in [0.1, 0.15) is 6.61 Å². The van der Waals surface area contributed by atoms with Gasteiger partial charge in [-0.1, -0.05) is 57.0 Å². The van der Waals surface area contributed by atoms with Crippen LogP contribution >= 0.6 is 22.6 Å². The molecule has 2 aliphatic carbocycles. The van der Waals surface area contributed by atoms with Gasteiger partial charge >= 0.3 is 0 Å². The average Bonchev–Trinajstić information content (AvgIpc) is 2.85. The van der Waals surface area contributed by atoms with Crippen LogP contribution in [-0.4, -0.2) is 29.6 Å². The molecule has 1 heterocycles. The quantitative estimate of drug-likeness (QED) is 0.274. The number of hydrogen-bond donors (Lipinski definition) is 0. The molecule has 0 saturated carbocycles. The summed E-state index contributed by atoms with van der Waals surface area (Å²) < 4.78 is 13.5. The monoisotopic (exact) mass is 681 g/mol. The zero-order valence-corrected chi connectivity index (χ0v) is 28.5. The van der Waals surface area contributed by atoms with Crippen molar-refractivity contribution in [3.05, 3.63) is 78.7 Å². The summed E-state index contributed by atoms with van der Waals surface area (Å²) >= 11 is 2.31. The predicted molar refractivity (Wildman–Crippen MR) is 176 cm³/mol. The number of carbonyl (C=O) groups excluding carboxylic acids is 2. The fourth-order valence-corrected chi connectivity index (χ4v) is 8.01. The molecular weight excluding hydrogens is 637 g/mol. The van der Waals surface area contributed by atoms with Crippen LogP contribution < -0.4 is 9.47 Å². The second-order valence-corrected chi connectivity index (χ2v) is 15.0. The molecule has 0 saturated heterocycles. The van der Waals surface area contributed by atoms with Crippen LogP contribution in [0.25, 0.3) is 0 Å². The van der Waals surface area contributed by atoms with Crippen molar-refractivity contribution in [3.8, 4) is 11.5 Å². The van der Waals surface area contributed by atoms with Crippen molar-refractivity contribution < 1.29 is 19.1 Å². The molecule has 0 atom stereocenters. The first kappa shape index (κ1) is 30.8. The fraction of sp³-hybridized carbons (Fsp3) is 0.500. The third-order valence-corrected chi connectivity index (χ3v) is 9.47. The standard InChI is InChI=1S/C36H44INO4/c1-9-38-26-16-35(5,6)18-28(39)32(26)31(33-27(38)17-36(7,8)19-29(33)40)24-14-25(37)34(30(15-24)41-10-2)42-20-23-12-21(3)11-22(4)13-23/h11-15,31H,9-10,16-20H2,1-8H3. The van der Waals surface area contributed by atoms with Crippen molar-refractivity contribution in [1.29, 1.82) is 0 Å². The van der Waals surface area contributed by atoms with Crippen LogP contribution in [0, 0.1) is 28.2 Å². The second-order valence-electron chi connectivity index (χ2n) is 13.8. The largest absolute Gasteiger partial charge is 0.490 e. The van der Waals surface area contributed by atoms with E-state index in [9.17, 15) is 9.59 Å². The lowest BCUT2D eigenvalue weighted by Crippen LogP contribution is -2.44. The first-order valence-corrected chi connectivity index (χ1v) is 16.3. The number of ether oxygens (including phenoxy) is 2. The van der Waals surface area contributed by atoms with Gasteiger partial charge in [0.05, 0.1) is 10.2 Å². The van der Waals surface area contributed by atoms with Crippen LogP contribution in [0.5, 0.6) is 11.5 Å². The van der Waals surface area contributed by atoms with Crippen molar-refractivity contribution in [2.24, 2.45) is 10.8 Å². The predicted octanol–water partition coefficient (Wildman–Crippen LogP) is 8.59. The van der Waals surface area contributed by atoms with E-state index in [2.05, 4.69) is 100 Å². The normalized spacial score (nSPS) is 20.1. The maximum atomic E-state index is 14.0. The smallest absolute Gasteiger partial charge is 0.174 e. The van der Waals surface area contributed by atoms with Gasteiger partial charge in [-0.05, 0) is 97.2 Å². The Hall–Kier alpha value is -2.61. The van der Waals surface area contributed by atoms with Gasteiger partial charge in [0, 0.05) is 47.8 Å². The Balaban J connectivity index is 1.65. The van der Waals surface area contributed by atoms with E-state index >= 15 is 0 Å². The number of carbonyl (C=O) groups is 2. The number of allylic oxidation sites excluding steroid dienone is 4. The third kappa shape index (κ3) is 5.93. The minimum atomic E-state index is -0.397. The summed E-state index contributed by atoms with van der Waals surface area (Å²) in [5.74, 6) is 1.25. The van der Waals surface area contributed by atoms with E-state index in [0.29, 0.717) is 37.6 Å². The number of ketones is 2. The zero-order valence-electron chi connectivity index (χ0n) is 26.4. The molecule has 0 unspecified atom stereocenters. The van der Waals surface area contributed by atoms with E-state index in [-0.39, 0.29) is 22.4 Å². The molecule has 6 heteroatoms. The summed E-state index contributed by atoms with van der Waals surface area (Å²) in [5, 5.41) is 0. The van der Waals surface area contributed by atoms with Gasteiger partial charge in [-0.3, -0.25) is 9.59 Å². The van der Waals surface area contributed by atoms with E-state index in [1.165, 1.54) is 11.1 Å². The van der Waals surface area contributed by atoms with Gasteiger partial charge in [-0.25, -0.2) is 0 Å². The molecule has 0 bridgehead atoms. The van der Waals surface area contributed by atoms with E-state index in [0.717, 1.165) is 56.6 Å². The van der Waals surface area contributed by atoms with Crippen LogP contribution in [0.4, 0.5) is 0 Å². The van der Waals surface area contributed by atoms with Crippen LogP contribution in [0.1, 0.15) is 95.4 Å². The molecule has 0 fully saturated rings. The molecule has 3 aliphatic rings. The lowest BCUT2D eigenvalue weighted by molar-refractivity contribution is -0.119. The van der Waals surface area contributed by atoms with E-state index in [4.69, 9.17) is 9.47 Å². The van der Waals surface area contributed by atoms with Crippen molar-refractivity contribution >= 4 is 34.2 Å². The number of halogens is 1. The Morgan fingerprint density at radius 1 is 0.810 bits per heavy atom. The van der Waals surface area contributed by atoms with E-state index in [1.54, 1.807) is 0 Å². The Morgan fingerprint density at radius 3 is 1.86 bits per heavy atom. The van der Waals surface area contributed by atoms with Gasteiger partial charge in [0.2, 0.25) is 0 Å². The summed E-state index contributed by atoms with van der Waals surface area (Å²) in [6.45, 7) is 18.6. The first-order chi connectivity index (χ1) is 19.7. The maximum Gasteiger partial charge on any atom is 0.174 e. The highest BCUT2D eigenvalue weighted by atomic mass is 127. The molecule has 224 valence electrons. The lowest BCUT2D eigenvalue weighted by Gasteiger charge is -2.49. The molecule has 42 heavy (non-hydrogen) atoms. The zero-order chi connectivity index (χ0) is 30.6. The maximum absolute atomic E-state index is 14.0. The van der Waals surface area contributed by atoms with Gasteiger partial charge < -0.3 is 14.4 Å². The van der Waals surface area contributed by atoms with Crippen LogP contribution in [-0.2, 0) is 16.2 Å². The van der Waals surface area contributed by atoms with Crippen molar-refractivity contribution in [2.75, 3.05) is 13.2 Å². The number of nitrogens with zero attached hydrogens (tertiary/aromatic N) is 1. The SMILES string of the molecule is CCOc1cc(C2C3=C(CC(C)(C)CC3=O)N(CC)C3=C2C(=O)CC(C)(C)C3)cc(I)c1OCc1cc(C)cc(C)c1. The number of benzene rings is 2. The average molecular weight is 682 g/mol. The molecule has 2 aromatic rings. The molecule has 5 nitrogen and oxygen atoms in total. The van der Waals surface area contributed by atoms with Gasteiger partial charge in [-0.2, -0.15) is 0 Å². The summed E-state index contributed by atoms with van der Waals surface area (Å²) in [5.41, 5.74) is 7.97. The first-order valence-electron chi connectivity index (χ1n) is 15.2. The van der Waals surface area contributed by atoms with Gasteiger partial charge in [-0.15, -0.1) is 0 Å². The number of hydrogen-bond acceptors (Lipinski definition) is 5. The summed E-state index contributed by atoms with van der Waals surface area (Å²) in [4.78, 5) is 30.3. The molecule has 5 rings (SSSR count). The Labute approximate surface area is 264 Å². The number of Topliss-reactive ketones (excluding diaryl/α,β-unsaturated/α-hetero) is 2. The van der Waals surface area contributed by atoms with Crippen LogP contribution in [0.3, 0.4) is 0 Å². The summed E-state index contributed by atoms with van der Waals surface area (Å²) in [7, 11) is 0. The van der Waals surface area contributed by atoms with Crippen molar-refractivity contribution in [3.63, 3.8) is 0 Å². The molecule has 2 aromatic carbocycles. The molecule has 0 amide bonds. The van der Waals surface area contributed by atoms with E-state index < -0.39 is 5.92 Å². The Morgan fingerprint density at radius 2 is 1.36 bits per heavy atom. The highest BCUT2D eigenvalue weighted by Crippen LogP contribution is 2.55. The number of aryl methyl sites for hydroxylation is 2. The molecule has 0 N–H and O–H groups in total. The highest BCUT2D eigenvalue weighted by molar-refractivity contribution is 14.1. The Bertz CT molecular complexity index is 1440. The van der Waals surface area contributed by atoms with Crippen molar-refractivity contribution in [1.82, 2.24) is 4.90 Å². The number of rotatable bonds is 7. The fourth-order valence-electron chi connectivity index (χ4n) is 7.23. The third-order valence-electron chi connectivity index (χ3n) is 8.67. The summed E-state index contributed by atoms with van der Waals surface area (Å²) in [6, 6.07) is 10.6. The minimum absolute atomic E-state index is 0.128. The van der Waals surface area contributed by atoms with Crippen LogP contribution in [0.2, 0.25) is 0 Å². The molecule has 0 spiro atoms. The van der Waals surface area contributed by atoms with Gasteiger partial charge in [0.25, 0.3) is 0 Å². The molecule has 0 aromatic heterocycles. The van der Waals surface area contributed by atoms with Crippen LogP contribution in [0.15, 0.2) is 52.9 Å². The Kier molecular flexibility index (Phi) is 8.42. The topological polar surface area (TPSA) is 55.8 Å². The lowest BCUT2D eigenvalue weighted by atomic mass is 9.63. The van der Waals surface area contributed by atoms with Gasteiger partial charge in [0.15, 0.2) is 23.1 Å². The minimum Gasteiger partial charge on any atom is -0.490 e. The molecule has 1 aliphatic heterocycles. The summed E-state index contributed by atoms with van der Waals surface area (Å²) in [6.07, 6.45) is 2.59.